The third-order valence-electron chi connectivity index (χ3n) is 3.63. The van der Waals surface area contributed by atoms with Gasteiger partial charge in [0.2, 0.25) is 0 Å². The summed E-state index contributed by atoms with van der Waals surface area (Å²) in [6, 6.07) is 11.0. The maximum absolute atomic E-state index is 12.4. The minimum Gasteiger partial charge on any atom is -0.506 e. The molecule has 0 unspecified atom stereocenters. The van der Waals surface area contributed by atoms with Crippen molar-refractivity contribution in [1.29, 1.82) is 0 Å². The van der Waals surface area contributed by atoms with E-state index in [4.69, 9.17) is 5.11 Å². The number of nitrogens with zero attached hydrogens (tertiary/aromatic N) is 1. The highest BCUT2D eigenvalue weighted by molar-refractivity contribution is 6.03. The number of carbonyl (C=O) groups is 1. The number of amides is 1. The lowest BCUT2D eigenvalue weighted by Crippen LogP contribution is -2.27. The molecular weight excluding hydrogens is 266 g/mol. The topological polar surface area (TPSA) is 60.8 Å². The van der Waals surface area contributed by atoms with Gasteiger partial charge >= 0.3 is 0 Å². The Bertz CT molecular complexity index is 624. The van der Waals surface area contributed by atoms with Crippen molar-refractivity contribution in [3.05, 3.63) is 42.0 Å². The minimum absolute atomic E-state index is 0.0420. The average Bonchev–Trinajstić information content (AvgIpc) is 2.51. The van der Waals surface area contributed by atoms with Crippen LogP contribution < -0.4 is 0 Å². The molecule has 112 valence electrons. The molecule has 4 heteroatoms. The molecule has 0 heterocycles. The van der Waals surface area contributed by atoms with Gasteiger partial charge in [0, 0.05) is 25.6 Å². The number of unbranched alkanes of at least 4 members (excludes halogenated alkanes) is 2. The van der Waals surface area contributed by atoms with Crippen molar-refractivity contribution in [3.8, 4) is 5.75 Å². The fraction of sp³-hybridized carbons (Fsp3) is 0.353. The zero-order valence-electron chi connectivity index (χ0n) is 12.2. The van der Waals surface area contributed by atoms with Crippen LogP contribution in [0.3, 0.4) is 0 Å². The number of fused-ring (bicyclic) bond motifs is 1. The van der Waals surface area contributed by atoms with Crippen molar-refractivity contribution in [2.75, 3.05) is 20.2 Å². The molecule has 0 aliphatic carbocycles. The zero-order chi connectivity index (χ0) is 15.2. The summed E-state index contributed by atoms with van der Waals surface area (Å²) in [5.41, 5.74) is 0.332. The van der Waals surface area contributed by atoms with Crippen LogP contribution in [0.2, 0.25) is 0 Å². The van der Waals surface area contributed by atoms with Crippen LogP contribution >= 0.6 is 0 Å². The summed E-state index contributed by atoms with van der Waals surface area (Å²) in [6.45, 7) is 0.800. The van der Waals surface area contributed by atoms with Crippen LogP contribution in [0.15, 0.2) is 36.4 Å². The predicted molar refractivity (Wildman–Crippen MR) is 83.5 cm³/mol. The van der Waals surface area contributed by atoms with Gasteiger partial charge in [0.15, 0.2) is 0 Å². The Morgan fingerprint density at radius 2 is 1.86 bits per heavy atom. The van der Waals surface area contributed by atoms with Crippen LogP contribution in [-0.4, -0.2) is 41.2 Å². The summed E-state index contributed by atoms with van der Waals surface area (Å²) in [5.74, 6) is -0.137. The average molecular weight is 287 g/mol. The Morgan fingerprint density at radius 3 is 2.62 bits per heavy atom. The number of hydrogen-bond acceptors (Lipinski definition) is 3. The summed E-state index contributed by atoms with van der Waals surface area (Å²) >= 11 is 0. The molecule has 0 atom stereocenters. The third kappa shape index (κ3) is 3.52. The molecule has 2 aromatic rings. The molecule has 0 saturated carbocycles. The van der Waals surface area contributed by atoms with Gasteiger partial charge in [-0.05, 0) is 30.7 Å². The highest BCUT2D eigenvalue weighted by Crippen LogP contribution is 2.29. The van der Waals surface area contributed by atoms with Gasteiger partial charge in [-0.3, -0.25) is 4.79 Å². The second kappa shape index (κ2) is 7.09. The molecule has 0 aromatic heterocycles. The number of benzene rings is 2. The highest BCUT2D eigenvalue weighted by atomic mass is 16.3. The number of aromatic hydroxyl groups is 1. The third-order valence-corrected chi connectivity index (χ3v) is 3.63. The summed E-state index contributed by atoms with van der Waals surface area (Å²) in [4.78, 5) is 14.0. The largest absolute Gasteiger partial charge is 0.506 e. The highest BCUT2D eigenvalue weighted by Gasteiger charge is 2.17. The van der Waals surface area contributed by atoms with E-state index in [2.05, 4.69) is 0 Å². The van der Waals surface area contributed by atoms with Crippen LogP contribution in [0.4, 0.5) is 0 Å². The van der Waals surface area contributed by atoms with Crippen LogP contribution in [0.5, 0.6) is 5.75 Å². The van der Waals surface area contributed by atoms with Gasteiger partial charge in [0.25, 0.3) is 5.91 Å². The number of aliphatic hydroxyl groups excluding tert-OH is 1. The SMILES string of the molecule is CN(CCCCCO)C(=O)c1ccc2ccccc2c1O. The maximum atomic E-state index is 12.4. The van der Waals surface area contributed by atoms with Crippen molar-refractivity contribution in [1.82, 2.24) is 4.90 Å². The standard InChI is InChI=1S/C17H21NO3/c1-18(11-5-2-6-12-19)17(21)15-10-9-13-7-3-4-8-14(13)16(15)20/h3-4,7-10,19-20H,2,5-6,11-12H2,1H3. The van der Waals surface area contributed by atoms with E-state index in [9.17, 15) is 9.90 Å². The van der Waals surface area contributed by atoms with Crippen LogP contribution in [-0.2, 0) is 0 Å². The predicted octanol–water partition coefficient (Wildman–Crippen LogP) is 2.78. The molecule has 2 aromatic carbocycles. The van der Waals surface area contributed by atoms with Gasteiger partial charge < -0.3 is 15.1 Å². The van der Waals surface area contributed by atoms with E-state index >= 15 is 0 Å². The zero-order valence-corrected chi connectivity index (χ0v) is 12.2. The van der Waals surface area contributed by atoms with E-state index in [1.54, 1.807) is 18.0 Å². The first-order chi connectivity index (χ1) is 10.1. The Hall–Kier alpha value is -2.07. The first-order valence-corrected chi connectivity index (χ1v) is 7.22. The van der Waals surface area contributed by atoms with Gasteiger partial charge in [-0.25, -0.2) is 0 Å². The van der Waals surface area contributed by atoms with Gasteiger partial charge in [0.1, 0.15) is 5.75 Å². The van der Waals surface area contributed by atoms with E-state index in [0.717, 1.165) is 24.6 Å². The molecule has 0 aliphatic heterocycles. The lowest BCUT2D eigenvalue weighted by molar-refractivity contribution is 0.0789. The molecule has 1 amide bonds. The van der Waals surface area contributed by atoms with Gasteiger partial charge in [-0.15, -0.1) is 0 Å². The van der Waals surface area contributed by atoms with Gasteiger partial charge in [-0.2, -0.15) is 0 Å². The molecule has 0 radical (unpaired) electrons. The molecular formula is C17H21NO3. The summed E-state index contributed by atoms with van der Waals surface area (Å²) in [5, 5.41) is 20.6. The molecule has 0 spiro atoms. The lowest BCUT2D eigenvalue weighted by Gasteiger charge is -2.18. The van der Waals surface area contributed by atoms with E-state index in [-0.39, 0.29) is 18.3 Å². The minimum atomic E-state index is -0.178. The number of carbonyl (C=O) groups excluding carboxylic acids is 1. The summed E-state index contributed by atoms with van der Waals surface area (Å²) < 4.78 is 0. The van der Waals surface area contributed by atoms with E-state index in [1.807, 2.05) is 30.3 Å². The second-order valence-corrected chi connectivity index (χ2v) is 5.19. The van der Waals surface area contributed by atoms with Crippen LogP contribution in [0.1, 0.15) is 29.6 Å². The number of hydrogen-bond donors (Lipinski definition) is 2. The van der Waals surface area contributed by atoms with Crippen molar-refractivity contribution in [2.24, 2.45) is 0 Å². The number of rotatable bonds is 6. The van der Waals surface area contributed by atoms with Crippen molar-refractivity contribution in [2.45, 2.75) is 19.3 Å². The summed E-state index contributed by atoms with van der Waals surface area (Å²) in [6.07, 6.45) is 2.48. The van der Waals surface area contributed by atoms with E-state index < -0.39 is 0 Å². The van der Waals surface area contributed by atoms with E-state index in [1.165, 1.54) is 0 Å². The first kappa shape index (κ1) is 15.3. The first-order valence-electron chi connectivity index (χ1n) is 7.22. The molecule has 2 rings (SSSR count). The van der Waals surface area contributed by atoms with Crippen LogP contribution in [0.25, 0.3) is 10.8 Å². The fourth-order valence-electron chi connectivity index (χ4n) is 2.37. The molecule has 0 fully saturated rings. The Labute approximate surface area is 124 Å². The normalized spacial score (nSPS) is 10.8. The number of phenolic OH excluding ortho intramolecular Hbond substituents is 1. The van der Waals surface area contributed by atoms with Crippen molar-refractivity contribution in [3.63, 3.8) is 0 Å². The maximum Gasteiger partial charge on any atom is 0.257 e. The molecule has 2 N–H and O–H groups in total. The molecule has 0 saturated heterocycles. The van der Waals surface area contributed by atoms with Crippen molar-refractivity contribution >= 4 is 16.7 Å². The monoisotopic (exact) mass is 287 g/mol. The van der Waals surface area contributed by atoms with Crippen molar-refractivity contribution < 1.29 is 15.0 Å². The fourth-order valence-corrected chi connectivity index (χ4v) is 2.37. The number of aliphatic hydroxyl groups is 1. The Morgan fingerprint density at radius 1 is 1.10 bits per heavy atom. The molecule has 0 aliphatic rings. The molecule has 4 nitrogen and oxygen atoms in total. The quantitative estimate of drug-likeness (QED) is 0.803. The lowest BCUT2D eigenvalue weighted by atomic mass is 10.0. The smallest absolute Gasteiger partial charge is 0.257 e. The molecule has 21 heavy (non-hydrogen) atoms. The Balaban J connectivity index is 2.13. The van der Waals surface area contributed by atoms with Gasteiger partial charge in [0.05, 0.1) is 5.56 Å². The molecule has 0 bridgehead atoms. The number of phenols is 1. The van der Waals surface area contributed by atoms with E-state index in [0.29, 0.717) is 17.5 Å². The Kier molecular flexibility index (Phi) is 5.17. The van der Waals surface area contributed by atoms with Gasteiger partial charge in [-0.1, -0.05) is 30.3 Å². The second-order valence-electron chi connectivity index (χ2n) is 5.19. The van der Waals surface area contributed by atoms with Crippen LogP contribution in [0, 0.1) is 0 Å². The summed E-state index contributed by atoms with van der Waals surface area (Å²) in [7, 11) is 1.73.